The first kappa shape index (κ1) is 13.3. The van der Waals surface area contributed by atoms with Crippen molar-refractivity contribution in [1.29, 1.82) is 0 Å². The molecule has 6 nitrogen and oxygen atoms in total. The van der Waals surface area contributed by atoms with Crippen LogP contribution in [0.4, 0.5) is 5.69 Å². The first-order valence-electron chi connectivity index (χ1n) is 5.23. The van der Waals surface area contributed by atoms with Gasteiger partial charge in [-0.15, -0.1) is 0 Å². The van der Waals surface area contributed by atoms with E-state index in [-0.39, 0.29) is 17.4 Å². The van der Waals surface area contributed by atoms with Gasteiger partial charge in [-0.2, -0.15) is 4.98 Å². The summed E-state index contributed by atoms with van der Waals surface area (Å²) in [5.74, 6) is 0.565. The van der Waals surface area contributed by atoms with Gasteiger partial charge in [0.2, 0.25) is 5.88 Å². The van der Waals surface area contributed by atoms with Gasteiger partial charge < -0.3 is 9.47 Å². The van der Waals surface area contributed by atoms with Crippen LogP contribution in [0.5, 0.6) is 17.5 Å². The molecule has 19 heavy (non-hydrogen) atoms. The van der Waals surface area contributed by atoms with Gasteiger partial charge in [0.25, 0.3) is 0 Å². The molecular weight excluding hydrogens is 316 g/mol. The lowest BCUT2D eigenvalue weighted by molar-refractivity contribution is -0.386. The smallest absolute Gasteiger partial charge is 0.331 e. The van der Waals surface area contributed by atoms with Gasteiger partial charge in [-0.05, 0) is 28.1 Å². The Morgan fingerprint density at radius 1 is 1.26 bits per heavy atom. The summed E-state index contributed by atoms with van der Waals surface area (Å²) in [7, 11) is 1.43. The average Bonchev–Trinajstić information content (AvgIpc) is 2.41. The zero-order valence-electron chi connectivity index (χ0n) is 9.87. The van der Waals surface area contributed by atoms with Crippen LogP contribution < -0.4 is 9.47 Å². The molecule has 0 spiro atoms. The Kier molecular flexibility index (Phi) is 3.96. The fourth-order valence-electron chi connectivity index (χ4n) is 1.38. The second-order valence-corrected chi connectivity index (χ2v) is 4.32. The van der Waals surface area contributed by atoms with Crippen LogP contribution in [0.25, 0.3) is 0 Å². The number of benzene rings is 1. The highest BCUT2D eigenvalue weighted by molar-refractivity contribution is 9.10. The highest BCUT2D eigenvalue weighted by Gasteiger charge is 2.19. The predicted molar refractivity (Wildman–Crippen MR) is 71.7 cm³/mol. The molecule has 2 aromatic rings. The maximum atomic E-state index is 10.9. The van der Waals surface area contributed by atoms with Gasteiger partial charge in [0, 0.05) is 12.1 Å². The second kappa shape index (κ2) is 5.66. The van der Waals surface area contributed by atoms with Crippen LogP contribution in [0.3, 0.4) is 0 Å². The van der Waals surface area contributed by atoms with Crippen molar-refractivity contribution in [2.75, 3.05) is 7.11 Å². The molecule has 0 radical (unpaired) electrons. The van der Waals surface area contributed by atoms with Crippen molar-refractivity contribution < 1.29 is 14.4 Å². The molecule has 0 aliphatic carbocycles. The molecular formula is C12H9BrN2O4. The van der Waals surface area contributed by atoms with E-state index in [2.05, 4.69) is 20.9 Å². The molecule has 7 heteroatoms. The lowest BCUT2D eigenvalue weighted by Crippen LogP contribution is -1.98. The van der Waals surface area contributed by atoms with Crippen molar-refractivity contribution in [3.05, 3.63) is 51.0 Å². The molecule has 0 N–H and O–H groups in total. The summed E-state index contributed by atoms with van der Waals surface area (Å²) in [5, 5.41) is 10.9. The number of pyridine rings is 1. The van der Waals surface area contributed by atoms with E-state index in [0.717, 1.165) is 0 Å². The largest absolute Gasteiger partial charge is 0.481 e. The standard InChI is InChI=1S/C12H9BrN2O4/c1-18-11-7-6-9(15(16)17)12(14-11)19-10-5-3-2-4-8(10)13/h2-7H,1H3. The number of nitro groups is 1. The number of nitrogens with zero attached hydrogens (tertiary/aromatic N) is 2. The molecule has 0 amide bonds. The molecule has 1 heterocycles. The Morgan fingerprint density at radius 2 is 2.00 bits per heavy atom. The van der Waals surface area contributed by atoms with Gasteiger partial charge in [0.05, 0.1) is 16.5 Å². The number of ether oxygens (including phenoxy) is 2. The number of aromatic nitrogens is 1. The third-order valence-corrected chi connectivity index (χ3v) is 2.92. The van der Waals surface area contributed by atoms with E-state index in [1.807, 2.05) is 6.07 Å². The van der Waals surface area contributed by atoms with E-state index < -0.39 is 4.92 Å². The molecule has 1 aromatic heterocycles. The number of halogens is 1. The molecule has 0 saturated carbocycles. The number of methoxy groups -OCH3 is 1. The van der Waals surface area contributed by atoms with E-state index in [9.17, 15) is 10.1 Å². The van der Waals surface area contributed by atoms with Crippen LogP contribution in [0, 0.1) is 10.1 Å². The summed E-state index contributed by atoms with van der Waals surface area (Å²) >= 11 is 3.30. The summed E-state index contributed by atoms with van der Waals surface area (Å²) in [5.41, 5.74) is -0.225. The Labute approximate surface area is 117 Å². The quantitative estimate of drug-likeness (QED) is 0.635. The van der Waals surface area contributed by atoms with Gasteiger partial charge in [0.15, 0.2) is 0 Å². The molecule has 0 aliphatic heterocycles. The summed E-state index contributed by atoms with van der Waals surface area (Å²) in [4.78, 5) is 14.3. The lowest BCUT2D eigenvalue weighted by atomic mass is 10.3. The molecule has 2 rings (SSSR count). The second-order valence-electron chi connectivity index (χ2n) is 3.47. The highest BCUT2D eigenvalue weighted by Crippen LogP contribution is 2.34. The first-order valence-corrected chi connectivity index (χ1v) is 6.03. The number of hydrogen-bond acceptors (Lipinski definition) is 5. The minimum atomic E-state index is -0.557. The zero-order chi connectivity index (χ0) is 13.8. The summed E-state index contributed by atoms with van der Waals surface area (Å²) < 4.78 is 11.1. The minimum absolute atomic E-state index is 0.115. The molecule has 0 atom stereocenters. The Morgan fingerprint density at radius 3 is 2.63 bits per heavy atom. The maximum Gasteiger partial charge on any atom is 0.331 e. The molecule has 0 bridgehead atoms. The number of rotatable bonds is 4. The van der Waals surface area contributed by atoms with Crippen LogP contribution in [0.15, 0.2) is 40.9 Å². The van der Waals surface area contributed by atoms with Crippen molar-refractivity contribution in [3.8, 4) is 17.5 Å². The number of hydrogen-bond donors (Lipinski definition) is 0. The topological polar surface area (TPSA) is 74.5 Å². The van der Waals surface area contributed by atoms with Gasteiger partial charge in [-0.3, -0.25) is 10.1 Å². The third-order valence-electron chi connectivity index (χ3n) is 2.26. The molecule has 0 unspecified atom stereocenters. The molecule has 1 aromatic carbocycles. The third kappa shape index (κ3) is 3.00. The van der Waals surface area contributed by atoms with Crippen molar-refractivity contribution in [2.24, 2.45) is 0 Å². The molecule has 0 fully saturated rings. The van der Waals surface area contributed by atoms with E-state index in [4.69, 9.17) is 9.47 Å². The van der Waals surface area contributed by atoms with E-state index in [1.54, 1.807) is 18.2 Å². The fraction of sp³-hybridized carbons (Fsp3) is 0.0833. The van der Waals surface area contributed by atoms with Crippen molar-refractivity contribution in [3.63, 3.8) is 0 Å². The van der Waals surface area contributed by atoms with Crippen LogP contribution >= 0.6 is 15.9 Å². The van der Waals surface area contributed by atoms with E-state index in [1.165, 1.54) is 19.2 Å². The van der Waals surface area contributed by atoms with Crippen LogP contribution in [-0.4, -0.2) is 17.0 Å². The molecule has 0 saturated heterocycles. The highest BCUT2D eigenvalue weighted by atomic mass is 79.9. The summed E-state index contributed by atoms with van der Waals surface area (Å²) in [6, 6.07) is 9.70. The van der Waals surface area contributed by atoms with Crippen LogP contribution in [0.2, 0.25) is 0 Å². The van der Waals surface area contributed by atoms with Gasteiger partial charge in [-0.25, -0.2) is 0 Å². The molecule has 0 aliphatic rings. The van der Waals surface area contributed by atoms with Crippen LogP contribution in [0.1, 0.15) is 0 Å². The van der Waals surface area contributed by atoms with Crippen molar-refractivity contribution >= 4 is 21.6 Å². The van der Waals surface area contributed by atoms with E-state index in [0.29, 0.717) is 10.2 Å². The van der Waals surface area contributed by atoms with Crippen molar-refractivity contribution in [2.45, 2.75) is 0 Å². The zero-order valence-corrected chi connectivity index (χ0v) is 11.5. The Hall–Kier alpha value is -2.15. The SMILES string of the molecule is COc1ccc([N+](=O)[O-])c(Oc2ccccc2Br)n1. The number of para-hydroxylation sites is 1. The van der Waals surface area contributed by atoms with Gasteiger partial charge in [0.1, 0.15) is 5.75 Å². The van der Waals surface area contributed by atoms with E-state index >= 15 is 0 Å². The van der Waals surface area contributed by atoms with Gasteiger partial charge in [-0.1, -0.05) is 12.1 Å². The monoisotopic (exact) mass is 324 g/mol. The maximum absolute atomic E-state index is 10.9. The predicted octanol–water partition coefficient (Wildman–Crippen LogP) is 3.55. The summed E-state index contributed by atoms with van der Waals surface area (Å²) in [6.45, 7) is 0. The first-order chi connectivity index (χ1) is 9.11. The lowest BCUT2D eigenvalue weighted by Gasteiger charge is -2.08. The molecule has 98 valence electrons. The van der Waals surface area contributed by atoms with Crippen molar-refractivity contribution in [1.82, 2.24) is 4.98 Å². The van der Waals surface area contributed by atoms with Crippen LogP contribution in [-0.2, 0) is 0 Å². The normalized spacial score (nSPS) is 10.0. The van der Waals surface area contributed by atoms with Gasteiger partial charge >= 0.3 is 11.6 Å². The average molecular weight is 325 g/mol. The minimum Gasteiger partial charge on any atom is -0.481 e. The fourth-order valence-corrected chi connectivity index (χ4v) is 1.74. The summed E-state index contributed by atoms with van der Waals surface area (Å²) in [6.07, 6.45) is 0. The Bertz CT molecular complexity index is 618. The Balaban J connectivity index is 2.43.